The molecule has 16 heavy (non-hydrogen) atoms. The second-order valence-electron chi connectivity index (χ2n) is 3.72. The lowest BCUT2D eigenvalue weighted by Gasteiger charge is -2.17. The molecule has 0 saturated carbocycles. The number of aliphatic hydroxyl groups is 1. The van der Waals surface area contributed by atoms with Gasteiger partial charge in [-0.3, -0.25) is 4.98 Å². The van der Waals surface area contributed by atoms with Crippen molar-refractivity contribution >= 4 is 0 Å². The SMILES string of the molecule is CCOCC(O)CN[C@@H](C)c1ccncc1. The number of nitrogens with one attached hydrogen (secondary N) is 1. The van der Waals surface area contributed by atoms with Gasteiger partial charge in [-0.2, -0.15) is 0 Å². The molecule has 0 fully saturated rings. The Kier molecular flexibility index (Phi) is 6.00. The molecule has 4 heteroatoms. The van der Waals surface area contributed by atoms with Crippen molar-refractivity contribution in [3.8, 4) is 0 Å². The van der Waals surface area contributed by atoms with Crippen LogP contribution in [0.5, 0.6) is 0 Å². The monoisotopic (exact) mass is 224 g/mol. The number of rotatable bonds is 7. The maximum atomic E-state index is 9.58. The molecule has 90 valence electrons. The summed E-state index contributed by atoms with van der Waals surface area (Å²) in [7, 11) is 0. The van der Waals surface area contributed by atoms with Gasteiger partial charge in [0.2, 0.25) is 0 Å². The highest BCUT2D eigenvalue weighted by Gasteiger charge is 2.08. The first-order valence-electron chi connectivity index (χ1n) is 5.63. The van der Waals surface area contributed by atoms with Crippen molar-refractivity contribution in [3.63, 3.8) is 0 Å². The summed E-state index contributed by atoms with van der Waals surface area (Å²) >= 11 is 0. The van der Waals surface area contributed by atoms with Gasteiger partial charge in [0.1, 0.15) is 0 Å². The molecule has 1 heterocycles. The summed E-state index contributed by atoms with van der Waals surface area (Å²) in [6.07, 6.45) is 3.08. The predicted octanol–water partition coefficient (Wildman–Crippen LogP) is 1.13. The smallest absolute Gasteiger partial charge is 0.0897 e. The minimum absolute atomic E-state index is 0.208. The van der Waals surface area contributed by atoms with Gasteiger partial charge >= 0.3 is 0 Å². The maximum absolute atomic E-state index is 9.58. The van der Waals surface area contributed by atoms with Crippen molar-refractivity contribution < 1.29 is 9.84 Å². The number of hydrogen-bond acceptors (Lipinski definition) is 4. The molecule has 0 spiro atoms. The minimum Gasteiger partial charge on any atom is -0.389 e. The first kappa shape index (κ1) is 13.1. The van der Waals surface area contributed by atoms with Crippen LogP contribution < -0.4 is 5.32 Å². The molecule has 1 unspecified atom stereocenters. The van der Waals surface area contributed by atoms with Crippen molar-refractivity contribution in [1.82, 2.24) is 10.3 Å². The van der Waals surface area contributed by atoms with Crippen LogP contribution in [0, 0.1) is 0 Å². The normalized spacial score (nSPS) is 14.7. The van der Waals surface area contributed by atoms with E-state index in [0.717, 1.165) is 0 Å². The van der Waals surface area contributed by atoms with Gasteiger partial charge in [-0.15, -0.1) is 0 Å². The van der Waals surface area contributed by atoms with Crippen molar-refractivity contribution in [2.75, 3.05) is 19.8 Å². The molecule has 2 atom stereocenters. The largest absolute Gasteiger partial charge is 0.389 e. The highest BCUT2D eigenvalue weighted by molar-refractivity contribution is 5.13. The van der Waals surface area contributed by atoms with Crippen molar-refractivity contribution in [3.05, 3.63) is 30.1 Å². The molecule has 1 rings (SSSR count). The van der Waals surface area contributed by atoms with E-state index in [4.69, 9.17) is 4.74 Å². The molecule has 0 aromatic carbocycles. The van der Waals surface area contributed by atoms with E-state index >= 15 is 0 Å². The molecular weight excluding hydrogens is 204 g/mol. The third-order valence-electron chi connectivity index (χ3n) is 2.38. The molecule has 1 aromatic rings. The lowest BCUT2D eigenvalue weighted by atomic mass is 10.1. The number of ether oxygens (including phenoxy) is 1. The second kappa shape index (κ2) is 7.33. The average molecular weight is 224 g/mol. The molecule has 0 radical (unpaired) electrons. The van der Waals surface area contributed by atoms with E-state index < -0.39 is 6.10 Å². The van der Waals surface area contributed by atoms with E-state index in [1.165, 1.54) is 5.56 Å². The first-order chi connectivity index (χ1) is 7.74. The zero-order chi connectivity index (χ0) is 11.8. The molecule has 0 saturated heterocycles. The fourth-order valence-corrected chi connectivity index (χ4v) is 1.40. The zero-order valence-electron chi connectivity index (χ0n) is 9.89. The summed E-state index contributed by atoms with van der Waals surface area (Å²) in [6.45, 7) is 5.52. The molecule has 1 aromatic heterocycles. The summed E-state index contributed by atoms with van der Waals surface area (Å²) in [6, 6.07) is 4.14. The highest BCUT2D eigenvalue weighted by atomic mass is 16.5. The molecular formula is C12H20N2O2. The molecule has 0 aliphatic carbocycles. The van der Waals surface area contributed by atoms with Crippen molar-refractivity contribution in [1.29, 1.82) is 0 Å². The van der Waals surface area contributed by atoms with E-state index in [-0.39, 0.29) is 6.04 Å². The fourth-order valence-electron chi connectivity index (χ4n) is 1.40. The standard InChI is InChI=1S/C12H20N2O2/c1-3-16-9-12(15)8-14-10(2)11-4-6-13-7-5-11/h4-7,10,12,14-15H,3,8-9H2,1-2H3/t10-,12?/m0/s1. The van der Waals surface area contributed by atoms with E-state index in [2.05, 4.69) is 17.2 Å². The van der Waals surface area contributed by atoms with E-state index in [0.29, 0.717) is 19.8 Å². The third-order valence-corrected chi connectivity index (χ3v) is 2.38. The number of pyridine rings is 1. The Morgan fingerprint density at radius 2 is 2.12 bits per heavy atom. The van der Waals surface area contributed by atoms with Crippen LogP contribution in [0.25, 0.3) is 0 Å². The van der Waals surface area contributed by atoms with Crippen molar-refractivity contribution in [2.24, 2.45) is 0 Å². The number of aromatic nitrogens is 1. The van der Waals surface area contributed by atoms with Gasteiger partial charge in [0.25, 0.3) is 0 Å². The molecule has 4 nitrogen and oxygen atoms in total. The Labute approximate surface area is 96.7 Å². The Morgan fingerprint density at radius 1 is 1.44 bits per heavy atom. The summed E-state index contributed by atoms with van der Waals surface area (Å²) in [4.78, 5) is 3.97. The summed E-state index contributed by atoms with van der Waals surface area (Å²) in [5.74, 6) is 0. The summed E-state index contributed by atoms with van der Waals surface area (Å²) in [5, 5.41) is 12.8. The van der Waals surface area contributed by atoms with Crippen LogP contribution in [0.2, 0.25) is 0 Å². The van der Waals surface area contributed by atoms with Gasteiger partial charge in [0.05, 0.1) is 12.7 Å². The van der Waals surface area contributed by atoms with E-state index in [1.807, 2.05) is 19.1 Å². The Hall–Kier alpha value is -0.970. The lowest BCUT2D eigenvalue weighted by molar-refractivity contribution is 0.0416. The van der Waals surface area contributed by atoms with Gasteiger partial charge in [-0.05, 0) is 31.5 Å². The van der Waals surface area contributed by atoms with Gasteiger partial charge in [0, 0.05) is 31.6 Å². The zero-order valence-corrected chi connectivity index (χ0v) is 9.89. The second-order valence-corrected chi connectivity index (χ2v) is 3.72. The third kappa shape index (κ3) is 4.70. The Bertz CT molecular complexity index is 280. The average Bonchev–Trinajstić information content (AvgIpc) is 2.34. The summed E-state index contributed by atoms with van der Waals surface area (Å²) < 4.78 is 5.13. The fraction of sp³-hybridized carbons (Fsp3) is 0.583. The Balaban J connectivity index is 2.27. The first-order valence-corrected chi connectivity index (χ1v) is 5.63. The minimum atomic E-state index is -0.454. The predicted molar refractivity (Wildman–Crippen MR) is 63.2 cm³/mol. The molecule has 0 bridgehead atoms. The van der Waals surface area contributed by atoms with Crippen LogP contribution in [0.4, 0.5) is 0 Å². The number of nitrogens with zero attached hydrogens (tertiary/aromatic N) is 1. The van der Waals surface area contributed by atoms with E-state index in [9.17, 15) is 5.11 Å². The number of aliphatic hydroxyl groups excluding tert-OH is 1. The van der Waals surface area contributed by atoms with Crippen LogP contribution in [0.1, 0.15) is 25.5 Å². The Morgan fingerprint density at radius 3 is 2.75 bits per heavy atom. The van der Waals surface area contributed by atoms with Gasteiger partial charge < -0.3 is 15.2 Å². The number of hydrogen-bond donors (Lipinski definition) is 2. The van der Waals surface area contributed by atoms with Crippen LogP contribution in [0.15, 0.2) is 24.5 Å². The van der Waals surface area contributed by atoms with Crippen LogP contribution in [-0.4, -0.2) is 36.0 Å². The van der Waals surface area contributed by atoms with Gasteiger partial charge in [0.15, 0.2) is 0 Å². The summed E-state index contributed by atoms with van der Waals surface area (Å²) in [5.41, 5.74) is 1.17. The van der Waals surface area contributed by atoms with Gasteiger partial charge in [-0.1, -0.05) is 0 Å². The lowest BCUT2D eigenvalue weighted by Crippen LogP contribution is -2.32. The molecule has 0 aliphatic heterocycles. The molecule has 2 N–H and O–H groups in total. The highest BCUT2D eigenvalue weighted by Crippen LogP contribution is 2.09. The topological polar surface area (TPSA) is 54.4 Å². The van der Waals surface area contributed by atoms with Crippen LogP contribution >= 0.6 is 0 Å². The molecule has 0 aliphatic rings. The van der Waals surface area contributed by atoms with Gasteiger partial charge in [-0.25, -0.2) is 0 Å². The van der Waals surface area contributed by atoms with Crippen LogP contribution in [-0.2, 0) is 4.74 Å². The van der Waals surface area contributed by atoms with E-state index in [1.54, 1.807) is 12.4 Å². The van der Waals surface area contributed by atoms with Crippen LogP contribution in [0.3, 0.4) is 0 Å². The quantitative estimate of drug-likeness (QED) is 0.729. The van der Waals surface area contributed by atoms with Crippen molar-refractivity contribution in [2.45, 2.75) is 26.0 Å². The molecule has 0 amide bonds. The maximum Gasteiger partial charge on any atom is 0.0897 e.